The van der Waals surface area contributed by atoms with E-state index in [0.717, 1.165) is 60.7 Å². The third-order valence-corrected chi connectivity index (χ3v) is 8.02. The molecule has 4 rings (SSSR count). The van der Waals surface area contributed by atoms with E-state index in [-0.39, 0.29) is 0 Å². The normalized spacial score (nSPS) is 25.4. The van der Waals surface area contributed by atoms with Gasteiger partial charge in [0.2, 0.25) is 0 Å². The van der Waals surface area contributed by atoms with E-state index in [1.54, 1.807) is 0 Å². The third kappa shape index (κ3) is 5.50. The Hall–Kier alpha value is -4.16. The smallest absolute Gasteiger partial charge is 0.355 e. The van der Waals surface area contributed by atoms with Gasteiger partial charge in [0.15, 0.2) is 0 Å². The van der Waals surface area contributed by atoms with Crippen molar-refractivity contribution < 1.29 is 40.9 Å². The van der Waals surface area contributed by atoms with Crippen molar-refractivity contribution in [3.8, 4) is 0 Å². The minimum atomic E-state index is -5.02. The first kappa shape index (κ1) is 33.7. The van der Waals surface area contributed by atoms with Crippen LogP contribution in [0.15, 0.2) is 94.3 Å². The second-order valence-corrected chi connectivity index (χ2v) is 10.4. The van der Waals surface area contributed by atoms with Gasteiger partial charge in [0.25, 0.3) is 0 Å². The fourth-order valence-electron chi connectivity index (χ4n) is 5.24. The molecule has 19 heteroatoms. The second-order valence-electron chi connectivity index (χ2n) is 9.56. The molecule has 2 aromatic rings. The number of nitrogens with two attached hydrogens (primary N) is 2. The Morgan fingerprint density at radius 2 is 1.04 bits per heavy atom. The number of nitro groups is 2. The molecule has 0 bridgehead atoms. The van der Waals surface area contributed by atoms with Crippen LogP contribution in [0.3, 0.4) is 0 Å². The van der Waals surface area contributed by atoms with Crippen molar-refractivity contribution in [3.63, 3.8) is 0 Å². The molecule has 6 N–H and O–H groups in total. The minimum Gasteiger partial charge on any atom is -0.355 e. The largest absolute Gasteiger partial charge is 0.416 e. The van der Waals surface area contributed by atoms with Crippen LogP contribution in [0, 0.1) is 20.2 Å². The highest BCUT2D eigenvalue weighted by atomic mass is 35.5. The van der Waals surface area contributed by atoms with Crippen LogP contribution in [0.2, 0.25) is 0 Å². The number of hydrogen-bond donors (Lipinski definition) is 4. The van der Waals surface area contributed by atoms with Gasteiger partial charge in [0.1, 0.15) is 23.6 Å². The molecule has 0 aromatic heterocycles. The average molecular weight is 681 g/mol. The van der Waals surface area contributed by atoms with Crippen molar-refractivity contribution in [1.82, 2.24) is 10.9 Å². The molecule has 2 aromatic carbocycles. The molecular formula is C26H20Cl2F6N6O5. The molecule has 0 fully saturated rings. The van der Waals surface area contributed by atoms with E-state index in [1.165, 1.54) is 0 Å². The molecule has 0 radical (unpaired) electrons. The highest BCUT2D eigenvalue weighted by Gasteiger charge is 2.57. The van der Waals surface area contributed by atoms with Gasteiger partial charge in [-0.2, -0.15) is 26.3 Å². The fraction of sp³-hybridized carbons (Fsp3) is 0.231. The number of ether oxygens (including phenoxy) is 1. The molecule has 0 heterocycles. The zero-order chi connectivity index (χ0) is 33.5. The van der Waals surface area contributed by atoms with Crippen LogP contribution in [0.1, 0.15) is 22.3 Å². The molecule has 11 nitrogen and oxygen atoms in total. The molecular weight excluding hydrogens is 661 g/mol. The maximum atomic E-state index is 13.9. The Kier molecular flexibility index (Phi) is 8.98. The lowest BCUT2D eigenvalue weighted by Gasteiger charge is -2.35. The number of nitrogens with one attached hydrogen (secondary N) is 2. The first-order chi connectivity index (χ1) is 21.0. The molecule has 45 heavy (non-hydrogen) atoms. The van der Waals surface area contributed by atoms with Gasteiger partial charge in [-0.3, -0.25) is 31.9 Å². The van der Waals surface area contributed by atoms with Crippen molar-refractivity contribution in [2.75, 3.05) is 0 Å². The summed E-state index contributed by atoms with van der Waals surface area (Å²) in [7, 11) is 0. The van der Waals surface area contributed by atoms with Crippen molar-refractivity contribution in [3.05, 3.63) is 137 Å². The van der Waals surface area contributed by atoms with E-state index in [9.17, 15) is 46.6 Å². The SMILES string of the molecule is NNC1=C(Cl)C(OC2C=CC(c3ccccc3C(F)(F)F)([N+](=O)[O-])C(NN)=C2Cl)C=CC1(c1ccccc1C(F)(F)F)[N+](=O)[O-]. The molecule has 4 unspecified atom stereocenters. The molecule has 4 atom stereocenters. The van der Waals surface area contributed by atoms with Gasteiger partial charge in [0.05, 0.1) is 32.3 Å². The summed E-state index contributed by atoms with van der Waals surface area (Å²) in [4.78, 5) is 22.8. The summed E-state index contributed by atoms with van der Waals surface area (Å²) in [5, 5.41) is 23.7. The zero-order valence-corrected chi connectivity index (χ0v) is 23.7. The number of hydrogen-bond acceptors (Lipinski definition) is 9. The van der Waals surface area contributed by atoms with Crippen LogP contribution in [0.25, 0.3) is 0 Å². The summed E-state index contributed by atoms with van der Waals surface area (Å²) in [6.45, 7) is 0. The summed E-state index contributed by atoms with van der Waals surface area (Å²) in [6, 6.07) is 7.37. The lowest BCUT2D eigenvalue weighted by Crippen LogP contribution is -2.49. The van der Waals surface area contributed by atoms with E-state index in [1.807, 2.05) is 10.9 Å². The van der Waals surface area contributed by atoms with Crippen molar-refractivity contribution >= 4 is 23.2 Å². The average Bonchev–Trinajstić information content (AvgIpc) is 2.97. The molecule has 0 spiro atoms. The molecule has 2 aliphatic carbocycles. The van der Waals surface area contributed by atoms with Gasteiger partial charge in [-0.25, -0.2) is 0 Å². The summed E-state index contributed by atoms with van der Waals surface area (Å²) in [5.74, 6) is 11.1. The molecule has 0 amide bonds. The van der Waals surface area contributed by atoms with Crippen molar-refractivity contribution in [1.29, 1.82) is 0 Å². The topological polar surface area (TPSA) is 172 Å². The predicted octanol–water partition coefficient (Wildman–Crippen LogP) is 5.09. The quantitative estimate of drug-likeness (QED) is 0.0974. The Morgan fingerprint density at radius 1 is 0.711 bits per heavy atom. The van der Waals surface area contributed by atoms with Gasteiger partial charge in [-0.1, -0.05) is 59.6 Å². The minimum absolute atomic E-state index is 0.595. The van der Waals surface area contributed by atoms with Crippen LogP contribution in [-0.2, 0) is 28.2 Å². The maximum Gasteiger partial charge on any atom is 0.416 e. The van der Waals surface area contributed by atoms with Gasteiger partial charge in [0, 0.05) is 22.0 Å². The van der Waals surface area contributed by atoms with Crippen molar-refractivity contribution in [2.45, 2.75) is 35.6 Å². The first-order valence-electron chi connectivity index (χ1n) is 12.4. The van der Waals surface area contributed by atoms with Crippen LogP contribution in [0.4, 0.5) is 26.3 Å². The second kappa shape index (κ2) is 12.0. The van der Waals surface area contributed by atoms with E-state index in [2.05, 4.69) is 0 Å². The van der Waals surface area contributed by atoms with Crippen LogP contribution in [0.5, 0.6) is 0 Å². The van der Waals surface area contributed by atoms with Gasteiger partial charge in [-0.15, -0.1) is 0 Å². The maximum absolute atomic E-state index is 13.9. The zero-order valence-electron chi connectivity index (χ0n) is 22.2. The predicted molar refractivity (Wildman–Crippen MR) is 148 cm³/mol. The highest BCUT2D eigenvalue weighted by Crippen LogP contribution is 2.48. The summed E-state index contributed by atoms with van der Waals surface area (Å²) in [5.41, 5.74) is -7.35. The number of benzene rings is 2. The summed E-state index contributed by atoms with van der Waals surface area (Å²) in [6.07, 6.45) is -9.65. The molecule has 0 saturated carbocycles. The monoisotopic (exact) mass is 680 g/mol. The Balaban J connectivity index is 1.81. The van der Waals surface area contributed by atoms with Crippen LogP contribution >= 0.6 is 23.2 Å². The Bertz CT molecular complexity index is 1540. The lowest BCUT2D eigenvalue weighted by molar-refractivity contribution is -0.554. The van der Waals surface area contributed by atoms with Gasteiger partial charge >= 0.3 is 23.4 Å². The van der Waals surface area contributed by atoms with Crippen LogP contribution in [-0.4, -0.2) is 22.1 Å². The molecule has 2 aliphatic rings. The van der Waals surface area contributed by atoms with E-state index in [4.69, 9.17) is 39.6 Å². The van der Waals surface area contributed by atoms with Gasteiger partial charge in [-0.05, 0) is 24.3 Å². The van der Waals surface area contributed by atoms with E-state index < -0.39 is 89.2 Å². The van der Waals surface area contributed by atoms with Crippen LogP contribution < -0.4 is 22.5 Å². The molecule has 0 saturated heterocycles. The summed E-state index contributed by atoms with van der Waals surface area (Å²) < 4.78 is 89.0. The van der Waals surface area contributed by atoms with E-state index in [0.29, 0.717) is 12.1 Å². The number of hydrazine groups is 2. The van der Waals surface area contributed by atoms with E-state index >= 15 is 0 Å². The lowest BCUT2D eigenvalue weighted by atomic mass is 9.79. The number of alkyl halides is 6. The first-order valence-corrected chi connectivity index (χ1v) is 13.1. The molecule has 0 aliphatic heterocycles. The third-order valence-electron chi connectivity index (χ3n) is 7.21. The number of nitrogens with zero attached hydrogens (tertiary/aromatic N) is 2. The number of rotatable bonds is 8. The standard InChI is InChI=1S/C26H20Cl2F6N6O5/c27-19-17(9-11-23(39(41)42,21(19)37-35)13-5-1-3-7-15(13)25(29,30)31)45-18-10-12-24(40(43)44,22(38-36)20(18)28)14-6-2-4-8-16(14)26(32,33)34/h1-12,17-18,37-38H,35-36H2. The summed E-state index contributed by atoms with van der Waals surface area (Å²) >= 11 is 12.8. The fourth-order valence-corrected chi connectivity index (χ4v) is 5.88. The number of halogens is 8. The Labute approximate surface area is 259 Å². The van der Waals surface area contributed by atoms with Gasteiger partial charge < -0.3 is 15.6 Å². The highest BCUT2D eigenvalue weighted by molar-refractivity contribution is 6.31. The molecule has 240 valence electrons. The Morgan fingerprint density at radius 3 is 1.33 bits per heavy atom. The van der Waals surface area contributed by atoms with Crippen molar-refractivity contribution in [2.24, 2.45) is 11.7 Å².